The van der Waals surface area contributed by atoms with Crippen molar-refractivity contribution in [3.8, 4) is 0 Å². The second-order valence-corrected chi connectivity index (χ2v) is 6.66. The van der Waals surface area contributed by atoms with Gasteiger partial charge in [0.2, 0.25) is 0 Å². The van der Waals surface area contributed by atoms with Gasteiger partial charge in [-0.1, -0.05) is 44.5 Å². The molecule has 0 saturated heterocycles. The van der Waals surface area contributed by atoms with E-state index >= 15 is 0 Å². The van der Waals surface area contributed by atoms with E-state index in [1.54, 1.807) is 24.3 Å². The molecule has 0 aliphatic heterocycles. The Bertz CT molecular complexity index is 469. The first-order chi connectivity index (χ1) is 11.5. The molecular formula is C20H32O4. The maximum Gasteiger partial charge on any atom is 0.163 e. The SMILES string of the molecule is CCCC(C)OCC(C)OCC(C)CC(=O)c1ccc(CO)cc1. The van der Waals surface area contributed by atoms with Crippen molar-refractivity contribution in [1.82, 2.24) is 0 Å². The summed E-state index contributed by atoms with van der Waals surface area (Å²) >= 11 is 0. The number of ketones is 1. The van der Waals surface area contributed by atoms with Crippen LogP contribution in [0.2, 0.25) is 0 Å². The van der Waals surface area contributed by atoms with Crippen molar-refractivity contribution in [2.24, 2.45) is 5.92 Å². The number of carbonyl (C=O) groups excluding carboxylic acids is 1. The summed E-state index contributed by atoms with van der Waals surface area (Å²) in [5.41, 5.74) is 1.50. The van der Waals surface area contributed by atoms with Crippen LogP contribution < -0.4 is 0 Å². The lowest BCUT2D eigenvalue weighted by molar-refractivity contribution is -0.0413. The van der Waals surface area contributed by atoms with Gasteiger partial charge in [0.1, 0.15) is 0 Å². The van der Waals surface area contributed by atoms with Gasteiger partial charge in [-0.2, -0.15) is 0 Å². The number of benzene rings is 1. The Kier molecular flexibility index (Phi) is 9.84. The lowest BCUT2D eigenvalue weighted by Crippen LogP contribution is -2.23. The maximum atomic E-state index is 12.2. The van der Waals surface area contributed by atoms with Crippen LogP contribution in [0.3, 0.4) is 0 Å². The van der Waals surface area contributed by atoms with E-state index in [9.17, 15) is 4.79 Å². The van der Waals surface area contributed by atoms with Crippen LogP contribution in [0.1, 0.15) is 62.9 Å². The fourth-order valence-electron chi connectivity index (χ4n) is 2.46. The topological polar surface area (TPSA) is 55.8 Å². The number of hydrogen-bond acceptors (Lipinski definition) is 4. The highest BCUT2D eigenvalue weighted by atomic mass is 16.5. The van der Waals surface area contributed by atoms with Crippen molar-refractivity contribution in [2.75, 3.05) is 13.2 Å². The third-order valence-electron chi connectivity index (χ3n) is 3.97. The second-order valence-electron chi connectivity index (χ2n) is 6.66. The van der Waals surface area contributed by atoms with E-state index in [0.29, 0.717) is 25.2 Å². The van der Waals surface area contributed by atoms with Crippen LogP contribution in [0.15, 0.2) is 24.3 Å². The van der Waals surface area contributed by atoms with Gasteiger partial charge < -0.3 is 14.6 Å². The quantitative estimate of drug-likeness (QED) is 0.586. The highest BCUT2D eigenvalue weighted by Crippen LogP contribution is 2.13. The van der Waals surface area contributed by atoms with Gasteiger partial charge in [-0.05, 0) is 31.7 Å². The molecule has 0 fully saturated rings. The third-order valence-corrected chi connectivity index (χ3v) is 3.97. The molecule has 1 N–H and O–H groups in total. The van der Waals surface area contributed by atoms with Crippen LogP contribution in [0, 0.1) is 5.92 Å². The molecule has 1 rings (SSSR count). The molecule has 3 atom stereocenters. The number of Topliss-reactive ketones (excluding diaryl/α,β-unsaturated/α-hetero) is 1. The van der Waals surface area contributed by atoms with Gasteiger partial charge in [0, 0.05) is 12.0 Å². The fraction of sp³-hybridized carbons (Fsp3) is 0.650. The zero-order valence-corrected chi connectivity index (χ0v) is 15.5. The molecule has 0 aliphatic carbocycles. The average Bonchev–Trinajstić information content (AvgIpc) is 2.58. The molecule has 4 nitrogen and oxygen atoms in total. The first-order valence-electron chi connectivity index (χ1n) is 8.92. The number of rotatable bonds is 12. The number of aliphatic hydroxyl groups is 1. The van der Waals surface area contributed by atoms with E-state index in [1.807, 2.05) is 13.8 Å². The standard InChI is InChI=1S/C20H32O4/c1-5-6-16(3)24-14-17(4)23-13-15(2)11-20(22)19-9-7-18(12-21)8-10-19/h7-10,15-17,21H,5-6,11-14H2,1-4H3. The first-order valence-corrected chi connectivity index (χ1v) is 8.92. The molecular weight excluding hydrogens is 304 g/mol. The Morgan fingerprint density at radius 2 is 1.67 bits per heavy atom. The Morgan fingerprint density at radius 1 is 1.04 bits per heavy atom. The molecule has 0 heterocycles. The Balaban J connectivity index is 2.29. The summed E-state index contributed by atoms with van der Waals surface area (Å²) in [6.07, 6.45) is 2.94. The molecule has 136 valence electrons. The normalized spacial score (nSPS) is 15.0. The Labute approximate surface area is 146 Å². The van der Waals surface area contributed by atoms with E-state index in [2.05, 4.69) is 13.8 Å². The summed E-state index contributed by atoms with van der Waals surface area (Å²) < 4.78 is 11.5. The van der Waals surface area contributed by atoms with Crippen LogP contribution >= 0.6 is 0 Å². The lowest BCUT2D eigenvalue weighted by Gasteiger charge is -2.19. The highest BCUT2D eigenvalue weighted by molar-refractivity contribution is 5.96. The summed E-state index contributed by atoms with van der Waals surface area (Å²) in [6.45, 7) is 9.39. The molecule has 0 saturated carbocycles. The van der Waals surface area contributed by atoms with E-state index in [-0.39, 0.29) is 30.5 Å². The fourth-order valence-corrected chi connectivity index (χ4v) is 2.46. The van der Waals surface area contributed by atoms with Crippen LogP contribution in [-0.4, -0.2) is 36.3 Å². The summed E-state index contributed by atoms with van der Waals surface area (Å²) in [5.74, 6) is 0.265. The van der Waals surface area contributed by atoms with E-state index in [4.69, 9.17) is 14.6 Å². The van der Waals surface area contributed by atoms with Gasteiger partial charge >= 0.3 is 0 Å². The summed E-state index contributed by atoms with van der Waals surface area (Å²) in [4.78, 5) is 12.2. The molecule has 0 aliphatic rings. The van der Waals surface area contributed by atoms with Gasteiger partial charge in [-0.3, -0.25) is 4.79 Å². The molecule has 1 aromatic carbocycles. The lowest BCUT2D eigenvalue weighted by atomic mass is 9.99. The second kappa shape index (κ2) is 11.3. The first kappa shape index (κ1) is 20.8. The number of aliphatic hydroxyl groups excluding tert-OH is 1. The van der Waals surface area contributed by atoms with Gasteiger partial charge in [-0.15, -0.1) is 0 Å². The van der Waals surface area contributed by atoms with Gasteiger partial charge in [0.25, 0.3) is 0 Å². The molecule has 3 unspecified atom stereocenters. The van der Waals surface area contributed by atoms with E-state index in [1.165, 1.54) is 0 Å². The van der Waals surface area contributed by atoms with Crippen molar-refractivity contribution in [2.45, 2.75) is 65.8 Å². The molecule has 0 amide bonds. The molecule has 1 aromatic rings. The van der Waals surface area contributed by atoms with Crippen molar-refractivity contribution >= 4 is 5.78 Å². The molecule has 4 heteroatoms. The highest BCUT2D eigenvalue weighted by Gasteiger charge is 2.14. The number of ether oxygens (including phenoxy) is 2. The zero-order valence-electron chi connectivity index (χ0n) is 15.5. The Morgan fingerprint density at radius 3 is 2.25 bits per heavy atom. The minimum Gasteiger partial charge on any atom is -0.392 e. The van der Waals surface area contributed by atoms with Gasteiger partial charge in [0.05, 0.1) is 32.0 Å². The minimum atomic E-state index is -0.00442. The average molecular weight is 336 g/mol. The molecule has 0 spiro atoms. The summed E-state index contributed by atoms with van der Waals surface area (Å²) in [7, 11) is 0. The van der Waals surface area contributed by atoms with Crippen LogP contribution in [-0.2, 0) is 16.1 Å². The van der Waals surface area contributed by atoms with Gasteiger partial charge in [0.15, 0.2) is 5.78 Å². The van der Waals surface area contributed by atoms with Crippen molar-refractivity contribution in [3.63, 3.8) is 0 Å². The monoisotopic (exact) mass is 336 g/mol. The van der Waals surface area contributed by atoms with Crippen molar-refractivity contribution in [1.29, 1.82) is 0 Å². The van der Waals surface area contributed by atoms with Crippen molar-refractivity contribution < 1.29 is 19.4 Å². The molecule has 24 heavy (non-hydrogen) atoms. The van der Waals surface area contributed by atoms with Crippen LogP contribution in [0.5, 0.6) is 0 Å². The number of carbonyl (C=O) groups is 1. The number of hydrogen-bond donors (Lipinski definition) is 1. The largest absolute Gasteiger partial charge is 0.392 e. The maximum absolute atomic E-state index is 12.2. The zero-order chi connectivity index (χ0) is 17.9. The van der Waals surface area contributed by atoms with Crippen LogP contribution in [0.4, 0.5) is 0 Å². The van der Waals surface area contributed by atoms with E-state index < -0.39 is 0 Å². The predicted molar refractivity (Wildman–Crippen MR) is 96.2 cm³/mol. The molecule has 0 aromatic heterocycles. The van der Waals surface area contributed by atoms with Gasteiger partial charge in [-0.25, -0.2) is 0 Å². The summed E-state index contributed by atoms with van der Waals surface area (Å²) in [6, 6.07) is 7.11. The summed E-state index contributed by atoms with van der Waals surface area (Å²) in [5, 5.41) is 9.03. The minimum absolute atomic E-state index is 0.00442. The van der Waals surface area contributed by atoms with E-state index in [0.717, 1.165) is 18.4 Å². The van der Waals surface area contributed by atoms with Crippen LogP contribution in [0.25, 0.3) is 0 Å². The smallest absolute Gasteiger partial charge is 0.163 e. The predicted octanol–water partition coefficient (Wildman–Crippen LogP) is 4.00. The third kappa shape index (κ3) is 8.04. The Hall–Kier alpha value is -1.23. The molecule has 0 radical (unpaired) electrons. The van der Waals surface area contributed by atoms with Crippen molar-refractivity contribution in [3.05, 3.63) is 35.4 Å². The molecule has 0 bridgehead atoms.